The van der Waals surface area contributed by atoms with Crippen molar-refractivity contribution in [2.75, 3.05) is 11.9 Å². The van der Waals surface area contributed by atoms with Gasteiger partial charge >= 0.3 is 6.09 Å². The van der Waals surface area contributed by atoms with Gasteiger partial charge in [-0.25, -0.2) is 14.8 Å². The van der Waals surface area contributed by atoms with E-state index in [0.29, 0.717) is 24.3 Å². The SMILES string of the molecule is Cc1nc(C(N)=O)c(Nc2cccc(CCNC(=O)OC(C)(C)C)c2)nc1Cl. The van der Waals surface area contributed by atoms with E-state index in [2.05, 4.69) is 20.6 Å². The van der Waals surface area contributed by atoms with Gasteiger partial charge in [0.15, 0.2) is 16.7 Å². The van der Waals surface area contributed by atoms with Crippen LogP contribution >= 0.6 is 11.6 Å². The maximum Gasteiger partial charge on any atom is 0.407 e. The van der Waals surface area contributed by atoms with Crippen LogP contribution < -0.4 is 16.4 Å². The van der Waals surface area contributed by atoms with Crippen molar-refractivity contribution in [3.8, 4) is 0 Å². The highest BCUT2D eigenvalue weighted by molar-refractivity contribution is 6.30. The first-order valence-corrected chi connectivity index (χ1v) is 9.10. The molecule has 0 spiro atoms. The Morgan fingerprint density at radius 2 is 1.96 bits per heavy atom. The molecule has 0 saturated heterocycles. The monoisotopic (exact) mass is 405 g/mol. The highest BCUT2D eigenvalue weighted by Gasteiger charge is 2.16. The Kier molecular flexibility index (Phi) is 6.80. The van der Waals surface area contributed by atoms with Crippen LogP contribution in [0.2, 0.25) is 5.15 Å². The van der Waals surface area contributed by atoms with Gasteiger partial charge in [0, 0.05) is 12.2 Å². The molecule has 2 aromatic rings. The number of halogens is 1. The highest BCUT2D eigenvalue weighted by Crippen LogP contribution is 2.22. The van der Waals surface area contributed by atoms with E-state index >= 15 is 0 Å². The fraction of sp³-hybridized carbons (Fsp3) is 0.368. The third-order valence-corrected chi connectivity index (χ3v) is 3.88. The lowest BCUT2D eigenvalue weighted by Gasteiger charge is -2.19. The molecule has 28 heavy (non-hydrogen) atoms. The third-order valence-electron chi connectivity index (χ3n) is 3.52. The Bertz CT molecular complexity index is 880. The van der Waals surface area contributed by atoms with Crippen LogP contribution in [-0.4, -0.2) is 34.1 Å². The number of alkyl carbamates (subject to hydrolysis) is 1. The molecule has 150 valence electrons. The quantitative estimate of drug-likeness (QED) is 0.677. The number of aromatic nitrogens is 2. The second-order valence-corrected chi connectivity index (χ2v) is 7.52. The number of rotatable bonds is 6. The van der Waals surface area contributed by atoms with Crippen LogP contribution in [0.3, 0.4) is 0 Å². The number of carbonyl (C=O) groups is 2. The molecule has 0 aliphatic heterocycles. The maximum absolute atomic E-state index is 11.7. The van der Waals surface area contributed by atoms with Gasteiger partial charge in [-0.2, -0.15) is 0 Å². The molecule has 0 saturated carbocycles. The topological polar surface area (TPSA) is 119 Å². The van der Waals surface area contributed by atoms with Crippen molar-refractivity contribution in [3.63, 3.8) is 0 Å². The molecule has 2 amide bonds. The number of hydrogen-bond donors (Lipinski definition) is 3. The highest BCUT2D eigenvalue weighted by atomic mass is 35.5. The second-order valence-electron chi connectivity index (χ2n) is 7.17. The number of primary amides is 1. The first kappa shape index (κ1) is 21.4. The van der Waals surface area contributed by atoms with Crippen LogP contribution in [0.25, 0.3) is 0 Å². The number of anilines is 2. The molecule has 2 rings (SSSR count). The first-order chi connectivity index (χ1) is 13.0. The van der Waals surface area contributed by atoms with E-state index in [4.69, 9.17) is 22.1 Å². The predicted molar refractivity (Wildman–Crippen MR) is 108 cm³/mol. The number of carbonyl (C=O) groups excluding carboxylic acids is 2. The molecule has 0 aliphatic rings. The summed E-state index contributed by atoms with van der Waals surface area (Å²) >= 11 is 6.01. The zero-order chi connectivity index (χ0) is 20.9. The van der Waals surface area contributed by atoms with Crippen LogP contribution in [0, 0.1) is 6.92 Å². The van der Waals surface area contributed by atoms with Gasteiger partial charge in [-0.15, -0.1) is 0 Å². The number of hydrogen-bond acceptors (Lipinski definition) is 6. The number of nitrogens with one attached hydrogen (secondary N) is 2. The summed E-state index contributed by atoms with van der Waals surface area (Å²) in [7, 11) is 0. The third kappa shape index (κ3) is 6.38. The summed E-state index contributed by atoms with van der Waals surface area (Å²) in [5, 5.41) is 5.92. The molecule has 0 atom stereocenters. The van der Waals surface area contributed by atoms with Gasteiger partial charge in [0.1, 0.15) is 5.60 Å². The summed E-state index contributed by atoms with van der Waals surface area (Å²) in [6, 6.07) is 7.45. The summed E-state index contributed by atoms with van der Waals surface area (Å²) in [6.07, 6.45) is 0.134. The number of nitrogens with zero attached hydrogens (tertiary/aromatic N) is 2. The minimum absolute atomic E-state index is 0.0129. The van der Waals surface area contributed by atoms with E-state index in [9.17, 15) is 9.59 Å². The van der Waals surface area contributed by atoms with E-state index in [1.165, 1.54) is 0 Å². The van der Waals surface area contributed by atoms with Crippen molar-refractivity contribution in [1.82, 2.24) is 15.3 Å². The van der Waals surface area contributed by atoms with E-state index in [0.717, 1.165) is 5.56 Å². The van der Waals surface area contributed by atoms with Crippen molar-refractivity contribution in [1.29, 1.82) is 0 Å². The number of benzene rings is 1. The minimum atomic E-state index is -0.701. The minimum Gasteiger partial charge on any atom is -0.444 e. The van der Waals surface area contributed by atoms with Crippen LogP contribution in [0.1, 0.15) is 42.5 Å². The average molecular weight is 406 g/mol. The molecule has 9 heteroatoms. The lowest BCUT2D eigenvalue weighted by molar-refractivity contribution is 0.0528. The van der Waals surface area contributed by atoms with E-state index in [1.807, 2.05) is 45.0 Å². The molecule has 0 aliphatic carbocycles. The molecule has 8 nitrogen and oxygen atoms in total. The number of nitrogens with two attached hydrogens (primary N) is 1. The van der Waals surface area contributed by atoms with Gasteiger partial charge in [0.2, 0.25) is 0 Å². The Morgan fingerprint density at radius 1 is 1.25 bits per heavy atom. The lowest BCUT2D eigenvalue weighted by atomic mass is 10.1. The summed E-state index contributed by atoms with van der Waals surface area (Å²) < 4.78 is 5.20. The van der Waals surface area contributed by atoms with Gasteiger partial charge < -0.3 is 21.1 Å². The zero-order valence-electron chi connectivity index (χ0n) is 16.3. The average Bonchev–Trinajstić information content (AvgIpc) is 2.56. The predicted octanol–water partition coefficient (Wildman–Crippen LogP) is 3.35. The molecule has 1 aromatic carbocycles. The Balaban J connectivity index is 2.05. The van der Waals surface area contributed by atoms with Crippen molar-refractivity contribution in [3.05, 3.63) is 46.4 Å². The zero-order valence-corrected chi connectivity index (χ0v) is 17.1. The number of ether oxygens (including phenoxy) is 1. The molecule has 0 fully saturated rings. The fourth-order valence-corrected chi connectivity index (χ4v) is 2.45. The largest absolute Gasteiger partial charge is 0.444 e. The molecule has 0 bridgehead atoms. The Labute approximate surface area is 168 Å². The Morgan fingerprint density at radius 3 is 2.61 bits per heavy atom. The van der Waals surface area contributed by atoms with Crippen LogP contribution in [0.5, 0.6) is 0 Å². The van der Waals surface area contributed by atoms with Crippen molar-refractivity contribution < 1.29 is 14.3 Å². The lowest BCUT2D eigenvalue weighted by Crippen LogP contribution is -2.33. The normalized spacial score (nSPS) is 11.0. The first-order valence-electron chi connectivity index (χ1n) is 8.72. The second kappa shape index (κ2) is 8.88. The van der Waals surface area contributed by atoms with E-state index in [-0.39, 0.29) is 16.7 Å². The summed E-state index contributed by atoms with van der Waals surface area (Å²) in [5.74, 6) is -0.514. The molecule has 4 N–H and O–H groups in total. The fourth-order valence-electron chi connectivity index (χ4n) is 2.32. The van der Waals surface area contributed by atoms with Gasteiger partial charge in [0.25, 0.3) is 5.91 Å². The van der Waals surface area contributed by atoms with Crippen LogP contribution in [0.15, 0.2) is 24.3 Å². The van der Waals surface area contributed by atoms with Gasteiger partial charge in [-0.3, -0.25) is 4.79 Å². The number of amides is 2. The summed E-state index contributed by atoms with van der Waals surface area (Å²) in [5.41, 5.74) is 6.92. The van der Waals surface area contributed by atoms with Gasteiger partial charge in [-0.1, -0.05) is 23.7 Å². The molecular formula is C19H24ClN5O3. The standard InChI is InChI=1S/C19H24ClN5O3/c1-11-15(20)25-17(14(23-11)16(21)26)24-13-7-5-6-12(10-13)8-9-22-18(27)28-19(2,3)4/h5-7,10H,8-9H2,1-4H3,(H2,21,26)(H,22,27)(H,24,25). The summed E-state index contributed by atoms with van der Waals surface area (Å²) in [4.78, 5) is 31.6. The molecule has 0 radical (unpaired) electrons. The van der Waals surface area contributed by atoms with Crippen LogP contribution in [0.4, 0.5) is 16.3 Å². The molecular weight excluding hydrogens is 382 g/mol. The van der Waals surface area contributed by atoms with Gasteiger partial charge in [-0.05, 0) is 51.8 Å². The Hall–Kier alpha value is -2.87. The molecule has 1 heterocycles. The summed E-state index contributed by atoms with van der Waals surface area (Å²) in [6.45, 7) is 7.48. The van der Waals surface area contributed by atoms with E-state index < -0.39 is 17.6 Å². The van der Waals surface area contributed by atoms with Crippen molar-refractivity contribution in [2.24, 2.45) is 5.73 Å². The maximum atomic E-state index is 11.7. The van der Waals surface area contributed by atoms with Crippen molar-refractivity contribution >= 4 is 35.1 Å². The molecule has 1 aromatic heterocycles. The van der Waals surface area contributed by atoms with E-state index in [1.54, 1.807) is 6.92 Å². The van der Waals surface area contributed by atoms with Crippen LogP contribution in [-0.2, 0) is 11.2 Å². The van der Waals surface area contributed by atoms with Gasteiger partial charge in [0.05, 0.1) is 5.69 Å². The molecule has 0 unspecified atom stereocenters. The van der Waals surface area contributed by atoms with Crippen molar-refractivity contribution in [2.45, 2.75) is 39.7 Å². The number of aryl methyl sites for hydroxylation is 1. The smallest absolute Gasteiger partial charge is 0.407 e.